The molecule has 6 aromatic carbocycles. The Hall–Kier alpha value is -3.52. The van der Waals surface area contributed by atoms with E-state index in [0.29, 0.717) is 0 Å². The average molecular weight is 952 g/mol. The van der Waals surface area contributed by atoms with Crippen LogP contribution in [0.15, 0.2) is 145 Å². The minimum atomic E-state index is -5.11. The number of hydrogen-bond acceptors (Lipinski definition) is 0. The normalized spacial score (nSPS) is 16.4. The van der Waals surface area contributed by atoms with Gasteiger partial charge in [0.1, 0.15) is 0 Å². The van der Waals surface area contributed by atoms with E-state index in [1.807, 2.05) is 0 Å². The van der Waals surface area contributed by atoms with Gasteiger partial charge >= 0.3 is 385 Å². The van der Waals surface area contributed by atoms with Crippen LogP contribution in [0.1, 0.15) is 120 Å². The third kappa shape index (κ3) is 8.10. The van der Waals surface area contributed by atoms with Crippen molar-refractivity contribution in [3.8, 4) is 44.5 Å². The minimum absolute atomic E-state index is 0.0580. The fourth-order valence-electron chi connectivity index (χ4n) is 11.2. The van der Waals surface area contributed by atoms with Crippen LogP contribution in [0.3, 0.4) is 0 Å². The molecule has 0 amide bonds. The third-order valence-electron chi connectivity index (χ3n) is 14.2. The van der Waals surface area contributed by atoms with Crippen LogP contribution in [0.25, 0.3) is 56.7 Å². The molecule has 0 bridgehead atoms. The zero-order valence-electron chi connectivity index (χ0n) is 37.9. The third-order valence-corrected chi connectivity index (χ3v) is 66.0. The van der Waals surface area contributed by atoms with Gasteiger partial charge in [0.2, 0.25) is 0 Å². The van der Waals surface area contributed by atoms with Gasteiger partial charge in [-0.3, -0.25) is 0 Å². The van der Waals surface area contributed by atoms with Gasteiger partial charge in [0.25, 0.3) is 0 Å². The van der Waals surface area contributed by atoms with Gasteiger partial charge in [-0.2, -0.15) is 0 Å². The van der Waals surface area contributed by atoms with Gasteiger partial charge in [-0.15, -0.1) is 0 Å². The summed E-state index contributed by atoms with van der Waals surface area (Å²) in [7, 11) is 18.3. The molecule has 6 aromatic rings. The van der Waals surface area contributed by atoms with Crippen LogP contribution in [0.2, 0.25) is 13.1 Å². The summed E-state index contributed by atoms with van der Waals surface area (Å²) in [5, 5.41) is 0. The molecule has 4 heteroatoms. The molecule has 8 rings (SSSR count). The van der Waals surface area contributed by atoms with E-state index in [1.165, 1.54) is 89.0 Å². The molecule has 319 valence electrons. The summed E-state index contributed by atoms with van der Waals surface area (Å²) in [5.74, 6) is -1.77. The Bertz CT molecular complexity index is 2430. The average Bonchev–Trinajstić information content (AvgIpc) is 3.88. The molecule has 62 heavy (non-hydrogen) atoms. The second-order valence-electron chi connectivity index (χ2n) is 18.4. The van der Waals surface area contributed by atoms with Crippen molar-refractivity contribution in [3.05, 3.63) is 178 Å². The number of unbranched alkanes of at least 4 members (excludes halogenated alkanes) is 2. The van der Waals surface area contributed by atoms with Crippen LogP contribution in [0.5, 0.6) is 0 Å². The van der Waals surface area contributed by atoms with E-state index in [-0.39, 0.29) is 7.25 Å². The SMILES string of the molecule is CCCCC1=Cc2c(ccc(CCC)c2-c2ccccc2-c2ccccc2)[CH]1[Zr]([Cl])([Cl])([CH]1C(CCCC)=Cc2c1ccc(CCC)c2-c1ccccc1-c1ccccc1)[SiH](C)C. The molecule has 0 nitrogen and oxygen atoms in total. The molecule has 2 atom stereocenters. The Morgan fingerprint density at radius 3 is 1.16 bits per heavy atom. The topological polar surface area (TPSA) is 0 Å². The van der Waals surface area contributed by atoms with E-state index in [9.17, 15) is 0 Å². The van der Waals surface area contributed by atoms with Crippen molar-refractivity contribution in [1.82, 2.24) is 0 Å². The van der Waals surface area contributed by atoms with Crippen LogP contribution in [0.4, 0.5) is 0 Å². The number of benzene rings is 6. The molecule has 0 saturated carbocycles. The zero-order valence-corrected chi connectivity index (χ0v) is 43.0. The number of aryl methyl sites for hydroxylation is 2. The number of rotatable bonds is 17. The van der Waals surface area contributed by atoms with E-state index in [2.05, 4.69) is 186 Å². The van der Waals surface area contributed by atoms with Gasteiger partial charge < -0.3 is 0 Å². The van der Waals surface area contributed by atoms with Gasteiger partial charge in [-0.1, -0.05) is 0 Å². The first kappa shape index (κ1) is 45.1. The quantitative estimate of drug-likeness (QED) is 0.0799. The summed E-state index contributed by atoms with van der Waals surface area (Å²) in [5.41, 5.74) is 21.8. The zero-order chi connectivity index (χ0) is 43.5. The number of allylic oxidation sites excluding steroid dienone is 2. The Kier molecular flexibility index (Phi) is 14.0. The maximum atomic E-state index is 9.15. The van der Waals surface area contributed by atoms with E-state index in [4.69, 9.17) is 17.0 Å². The van der Waals surface area contributed by atoms with Crippen molar-refractivity contribution in [3.63, 3.8) is 0 Å². The molecule has 0 radical (unpaired) electrons. The number of halogens is 2. The van der Waals surface area contributed by atoms with E-state index < -0.39 is 21.5 Å². The van der Waals surface area contributed by atoms with E-state index >= 15 is 0 Å². The molecular formula is C58H65Cl2SiZr. The van der Waals surface area contributed by atoms with Crippen LogP contribution in [0, 0.1) is 0 Å². The molecule has 0 N–H and O–H groups in total. The Labute approximate surface area is 382 Å². The summed E-state index contributed by atoms with van der Waals surface area (Å²) in [6.45, 7) is 14.3. The molecule has 2 aliphatic carbocycles. The fraction of sp³-hybridized carbons (Fsp3) is 0.310. The fourth-order valence-corrected chi connectivity index (χ4v) is 42.7. The predicted octanol–water partition coefficient (Wildman–Crippen LogP) is 18.2. The van der Waals surface area contributed by atoms with Crippen LogP contribution < -0.4 is 0 Å². The van der Waals surface area contributed by atoms with E-state index in [0.717, 1.165) is 64.2 Å². The van der Waals surface area contributed by atoms with Crippen LogP contribution in [-0.4, -0.2) is 5.92 Å². The van der Waals surface area contributed by atoms with Crippen LogP contribution in [-0.2, 0) is 28.4 Å². The Morgan fingerprint density at radius 1 is 0.435 bits per heavy atom. The number of fused-ring (bicyclic) bond motifs is 2. The second kappa shape index (κ2) is 19.3. The summed E-state index contributed by atoms with van der Waals surface area (Å²) < 4.78 is 0.116. The molecule has 0 fully saturated rings. The molecular weight excluding hydrogens is 887 g/mol. The van der Waals surface area contributed by atoms with Crippen molar-refractivity contribution < 1.29 is 15.6 Å². The molecule has 2 unspecified atom stereocenters. The Balaban J connectivity index is 1.40. The summed E-state index contributed by atoms with van der Waals surface area (Å²) >= 11 is -5.11. The molecule has 0 heterocycles. The van der Waals surface area contributed by atoms with Crippen molar-refractivity contribution in [2.45, 2.75) is 112 Å². The standard InChI is InChI=1S/2C28H29.C2H7Si.2ClH.Zr/c2*1-3-5-12-21-19-24-18-17-23(11-4-2)28(27(24)20-21)26-16-10-9-15-25(26)22-13-7-6-8-14-22;1-3-2;;;/h2*6-10,13-20H,3-5,11-12H2,1-2H3;3H,1-2H3;2*1H;/q;;;;;+2/p-2. The van der Waals surface area contributed by atoms with Crippen molar-refractivity contribution in [2.75, 3.05) is 0 Å². The van der Waals surface area contributed by atoms with E-state index in [1.54, 1.807) is 0 Å². The van der Waals surface area contributed by atoms with Gasteiger partial charge in [-0.05, 0) is 0 Å². The molecule has 0 saturated heterocycles. The molecule has 2 aliphatic rings. The van der Waals surface area contributed by atoms with Gasteiger partial charge in [0.05, 0.1) is 0 Å². The maximum absolute atomic E-state index is 9.15. The first-order chi connectivity index (χ1) is 30.2. The molecule has 0 spiro atoms. The summed E-state index contributed by atoms with van der Waals surface area (Å²) in [6, 6.07) is 50.0. The first-order valence-corrected chi connectivity index (χ1v) is 40.1. The first-order valence-electron chi connectivity index (χ1n) is 23.7. The van der Waals surface area contributed by atoms with Crippen molar-refractivity contribution in [1.29, 1.82) is 0 Å². The van der Waals surface area contributed by atoms with Gasteiger partial charge in [0.15, 0.2) is 0 Å². The van der Waals surface area contributed by atoms with Gasteiger partial charge in [-0.25, -0.2) is 0 Å². The van der Waals surface area contributed by atoms with Crippen molar-refractivity contribution >= 4 is 35.1 Å². The summed E-state index contributed by atoms with van der Waals surface area (Å²) in [4.78, 5) is 0. The van der Waals surface area contributed by atoms with Gasteiger partial charge in [0, 0.05) is 0 Å². The Morgan fingerprint density at radius 2 is 0.806 bits per heavy atom. The summed E-state index contributed by atoms with van der Waals surface area (Å²) in [6.07, 6.45) is 16.0. The molecule has 0 aromatic heterocycles. The van der Waals surface area contributed by atoms with Crippen molar-refractivity contribution in [2.24, 2.45) is 0 Å². The predicted molar refractivity (Wildman–Crippen MR) is 274 cm³/mol. The second-order valence-corrected chi connectivity index (χ2v) is 60.9. The van der Waals surface area contributed by atoms with Crippen LogP contribution >= 0.6 is 17.0 Å². The number of hydrogen-bond donors (Lipinski definition) is 0. The molecule has 0 aliphatic heterocycles. The monoisotopic (exact) mass is 949 g/mol.